The van der Waals surface area contributed by atoms with Gasteiger partial charge >= 0.3 is 0 Å². The van der Waals surface area contributed by atoms with E-state index in [-0.39, 0.29) is 31.2 Å². The molecule has 33 heavy (non-hydrogen) atoms. The second kappa shape index (κ2) is 10.5. The Balaban J connectivity index is 1.30. The Morgan fingerprint density at radius 3 is 2.45 bits per heavy atom. The molecule has 0 bridgehead atoms. The van der Waals surface area contributed by atoms with Crippen LogP contribution in [0, 0.1) is 0 Å². The lowest BCUT2D eigenvalue weighted by Crippen LogP contribution is -2.34. The number of amides is 1. The van der Waals surface area contributed by atoms with Gasteiger partial charge in [-0.25, -0.2) is 4.68 Å². The highest BCUT2D eigenvalue weighted by molar-refractivity contribution is 5.84. The molecule has 4 rings (SSSR count). The molecule has 0 spiro atoms. The third-order valence-corrected chi connectivity index (χ3v) is 5.06. The second-order valence-corrected chi connectivity index (χ2v) is 7.38. The van der Waals surface area contributed by atoms with Crippen LogP contribution in [0.1, 0.15) is 6.92 Å². The van der Waals surface area contributed by atoms with Gasteiger partial charge in [0.2, 0.25) is 0 Å². The summed E-state index contributed by atoms with van der Waals surface area (Å²) in [5, 5.41) is 9.34. The summed E-state index contributed by atoms with van der Waals surface area (Å²) in [4.78, 5) is 24.4. The topological polar surface area (TPSA) is 82.5 Å². The smallest absolute Gasteiger partial charge is 0.266 e. The summed E-state index contributed by atoms with van der Waals surface area (Å²) in [6.07, 6.45) is 0. The van der Waals surface area contributed by atoms with Crippen LogP contribution in [-0.2, 0) is 11.3 Å². The third-order valence-electron chi connectivity index (χ3n) is 5.06. The van der Waals surface area contributed by atoms with Crippen molar-refractivity contribution in [3.05, 3.63) is 89.2 Å². The van der Waals surface area contributed by atoms with Gasteiger partial charge in [-0.1, -0.05) is 30.3 Å². The molecule has 3 aromatic carbocycles. The van der Waals surface area contributed by atoms with Gasteiger partial charge in [0.05, 0.1) is 18.8 Å². The van der Waals surface area contributed by atoms with Crippen LogP contribution in [0.5, 0.6) is 11.5 Å². The number of benzene rings is 3. The summed E-state index contributed by atoms with van der Waals surface area (Å²) in [6, 6.07) is 24.3. The lowest BCUT2D eigenvalue weighted by atomic mass is 10.1. The molecular formula is C26H25N3O4. The molecule has 0 unspecified atom stereocenters. The van der Waals surface area contributed by atoms with Crippen molar-refractivity contribution < 1.29 is 14.3 Å². The summed E-state index contributed by atoms with van der Waals surface area (Å²) >= 11 is 0. The van der Waals surface area contributed by atoms with E-state index in [1.54, 1.807) is 6.07 Å². The summed E-state index contributed by atoms with van der Waals surface area (Å²) in [6.45, 7) is 2.94. The number of aromatic nitrogens is 2. The Kier molecular flexibility index (Phi) is 6.99. The minimum Gasteiger partial charge on any atom is -0.494 e. The zero-order chi connectivity index (χ0) is 23.0. The normalized spacial score (nSPS) is 10.7. The van der Waals surface area contributed by atoms with Gasteiger partial charge < -0.3 is 14.8 Å². The molecule has 7 heteroatoms. The molecule has 1 N–H and O–H groups in total. The van der Waals surface area contributed by atoms with Gasteiger partial charge in [0.1, 0.15) is 11.5 Å². The monoisotopic (exact) mass is 443 g/mol. The molecule has 0 saturated heterocycles. The average Bonchev–Trinajstić information content (AvgIpc) is 2.84. The number of carbonyl (C=O) groups is 1. The van der Waals surface area contributed by atoms with Crippen molar-refractivity contribution in [3.8, 4) is 22.8 Å². The van der Waals surface area contributed by atoms with Gasteiger partial charge in [-0.3, -0.25) is 9.59 Å². The quantitative estimate of drug-likeness (QED) is 0.427. The predicted octanol–water partition coefficient (Wildman–Crippen LogP) is 3.66. The van der Waals surface area contributed by atoms with Gasteiger partial charge in [-0.2, -0.15) is 5.10 Å². The molecular weight excluding hydrogens is 418 g/mol. The highest BCUT2D eigenvalue weighted by Gasteiger charge is 2.07. The zero-order valence-corrected chi connectivity index (χ0v) is 18.4. The number of nitrogens with one attached hydrogen (secondary N) is 1. The maximum atomic E-state index is 12.2. The maximum Gasteiger partial charge on any atom is 0.266 e. The molecule has 0 aliphatic carbocycles. The Hall–Kier alpha value is -4.13. The van der Waals surface area contributed by atoms with Gasteiger partial charge in [0.15, 0.2) is 6.61 Å². The predicted molar refractivity (Wildman–Crippen MR) is 128 cm³/mol. The Morgan fingerprint density at radius 1 is 0.909 bits per heavy atom. The fourth-order valence-electron chi connectivity index (χ4n) is 3.41. The molecule has 0 aliphatic rings. The second-order valence-electron chi connectivity index (χ2n) is 7.38. The van der Waals surface area contributed by atoms with E-state index in [4.69, 9.17) is 9.47 Å². The van der Waals surface area contributed by atoms with Gasteiger partial charge in [-0.15, -0.1) is 0 Å². The van der Waals surface area contributed by atoms with E-state index in [0.717, 1.165) is 22.1 Å². The molecule has 0 aliphatic heterocycles. The van der Waals surface area contributed by atoms with E-state index in [9.17, 15) is 9.59 Å². The van der Waals surface area contributed by atoms with E-state index in [1.165, 1.54) is 10.7 Å². The van der Waals surface area contributed by atoms with E-state index in [2.05, 4.69) is 10.4 Å². The Labute approximate surface area is 191 Å². The summed E-state index contributed by atoms with van der Waals surface area (Å²) < 4.78 is 12.4. The van der Waals surface area contributed by atoms with E-state index < -0.39 is 0 Å². The first-order valence-electron chi connectivity index (χ1n) is 10.8. The zero-order valence-electron chi connectivity index (χ0n) is 18.4. The first kappa shape index (κ1) is 22.1. The summed E-state index contributed by atoms with van der Waals surface area (Å²) in [5.74, 6) is 1.15. The molecule has 1 heterocycles. The van der Waals surface area contributed by atoms with Crippen LogP contribution >= 0.6 is 0 Å². The number of carbonyl (C=O) groups excluding carboxylic acids is 1. The van der Waals surface area contributed by atoms with Crippen molar-refractivity contribution in [2.75, 3.05) is 19.8 Å². The van der Waals surface area contributed by atoms with Crippen LogP contribution in [0.2, 0.25) is 0 Å². The Morgan fingerprint density at radius 2 is 1.67 bits per heavy atom. The molecule has 1 amide bonds. The van der Waals surface area contributed by atoms with Crippen LogP contribution in [0.4, 0.5) is 0 Å². The number of hydrogen-bond acceptors (Lipinski definition) is 5. The van der Waals surface area contributed by atoms with Gasteiger partial charge in [0, 0.05) is 18.2 Å². The minimum atomic E-state index is -0.265. The molecule has 4 aromatic rings. The highest BCUT2D eigenvalue weighted by atomic mass is 16.5. The molecule has 1 aromatic heterocycles. The summed E-state index contributed by atoms with van der Waals surface area (Å²) in [7, 11) is 0. The minimum absolute atomic E-state index is 0.104. The van der Waals surface area contributed by atoms with Gasteiger partial charge in [-0.05, 0) is 60.2 Å². The van der Waals surface area contributed by atoms with Crippen LogP contribution < -0.4 is 20.3 Å². The maximum absolute atomic E-state index is 12.2. The summed E-state index contributed by atoms with van der Waals surface area (Å²) in [5.41, 5.74) is 1.31. The van der Waals surface area contributed by atoms with Crippen LogP contribution in [-0.4, -0.2) is 35.4 Å². The first-order valence-corrected chi connectivity index (χ1v) is 10.8. The largest absolute Gasteiger partial charge is 0.494 e. The van der Waals surface area contributed by atoms with Crippen LogP contribution in [0.3, 0.4) is 0 Å². The van der Waals surface area contributed by atoms with Crippen molar-refractivity contribution in [2.24, 2.45) is 0 Å². The van der Waals surface area contributed by atoms with E-state index in [1.807, 2.05) is 73.7 Å². The lowest BCUT2D eigenvalue weighted by molar-refractivity contribution is -0.123. The third kappa shape index (κ3) is 5.77. The molecule has 0 fully saturated rings. The number of fused-ring (bicyclic) bond motifs is 1. The number of hydrogen-bond donors (Lipinski definition) is 1. The van der Waals surface area contributed by atoms with Crippen molar-refractivity contribution in [1.82, 2.24) is 15.1 Å². The number of rotatable bonds is 9. The first-order chi connectivity index (χ1) is 16.1. The van der Waals surface area contributed by atoms with Crippen molar-refractivity contribution in [2.45, 2.75) is 13.5 Å². The molecule has 0 saturated carbocycles. The van der Waals surface area contributed by atoms with Gasteiger partial charge in [0.25, 0.3) is 11.5 Å². The average molecular weight is 444 g/mol. The van der Waals surface area contributed by atoms with Crippen LogP contribution in [0.25, 0.3) is 22.0 Å². The van der Waals surface area contributed by atoms with Crippen molar-refractivity contribution in [3.63, 3.8) is 0 Å². The van der Waals surface area contributed by atoms with Crippen molar-refractivity contribution in [1.29, 1.82) is 0 Å². The van der Waals surface area contributed by atoms with Crippen LogP contribution in [0.15, 0.2) is 83.7 Å². The highest BCUT2D eigenvalue weighted by Crippen LogP contribution is 2.21. The fourth-order valence-corrected chi connectivity index (χ4v) is 3.41. The molecule has 0 radical (unpaired) electrons. The molecule has 7 nitrogen and oxygen atoms in total. The lowest BCUT2D eigenvalue weighted by Gasteiger charge is -2.10. The molecule has 168 valence electrons. The number of nitrogens with zero attached hydrogens (tertiary/aromatic N) is 2. The van der Waals surface area contributed by atoms with Crippen molar-refractivity contribution >= 4 is 16.7 Å². The standard InChI is InChI=1S/C26H25N3O4/c1-2-32-22-10-8-20(9-11-22)24-13-14-26(31)29(28-24)16-15-27-25(30)18-33-23-12-7-19-5-3-4-6-21(19)17-23/h3-14,17H,2,15-16,18H2,1H3,(H,27,30). The molecule has 0 atom stereocenters. The Bertz CT molecular complexity index is 1300. The van der Waals surface area contributed by atoms with E-state index >= 15 is 0 Å². The number of ether oxygens (including phenoxy) is 2. The SMILES string of the molecule is CCOc1ccc(-c2ccc(=O)n(CCNC(=O)COc3ccc4ccccc4c3)n2)cc1. The van der Waals surface area contributed by atoms with E-state index in [0.29, 0.717) is 18.1 Å². The fraction of sp³-hybridized carbons (Fsp3) is 0.192.